The summed E-state index contributed by atoms with van der Waals surface area (Å²) in [4.78, 5) is 26.4. The molecule has 2 saturated carbocycles. The largest absolute Gasteiger partial charge is 0.463 e. The van der Waals surface area contributed by atoms with Gasteiger partial charge in [0, 0.05) is 17.9 Å². The van der Waals surface area contributed by atoms with Crippen LogP contribution in [0.15, 0.2) is 24.3 Å². The molecule has 2 aliphatic carbocycles. The van der Waals surface area contributed by atoms with E-state index in [1.807, 2.05) is 0 Å². The summed E-state index contributed by atoms with van der Waals surface area (Å²) >= 11 is 0. The van der Waals surface area contributed by atoms with Gasteiger partial charge in [-0.15, -0.1) is 0 Å². The Hall–Kier alpha value is -1.86. The number of fused-ring (bicyclic) bond motifs is 3. The van der Waals surface area contributed by atoms with Gasteiger partial charge in [-0.2, -0.15) is 0 Å². The van der Waals surface area contributed by atoms with E-state index in [1.54, 1.807) is 26.0 Å². The Morgan fingerprint density at radius 2 is 1.80 bits per heavy atom. The topological polar surface area (TPSA) is 149 Å². The summed E-state index contributed by atoms with van der Waals surface area (Å²) in [6.07, 6.45) is 2.83. The lowest BCUT2D eigenvalue weighted by Crippen LogP contribution is -2.69. The molecule has 7 aliphatic rings. The summed E-state index contributed by atoms with van der Waals surface area (Å²) in [7, 11) is 0. The van der Waals surface area contributed by atoms with Crippen molar-refractivity contribution in [1.82, 2.24) is 0 Å². The Balaban J connectivity index is 1.25. The SMILES string of the molecule is C[C@@H](O)[C@H]1/C=C/C=C\C(=O)O[C@@H]2C[C@H]3O[C@@H]4[C@@H]5O[C@]5(C)CC[C@]4(COC(=O)[C@H]4O[C@]4(C)[C@H](O)CO1)[C@]2(C)[C@]31CO1. The third-order valence-electron chi connectivity index (χ3n) is 11.1. The highest BCUT2D eigenvalue weighted by Gasteiger charge is 2.86. The van der Waals surface area contributed by atoms with E-state index in [0.29, 0.717) is 19.4 Å². The summed E-state index contributed by atoms with van der Waals surface area (Å²) in [6, 6.07) is 0. The van der Waals surface area contributed by atoms with Gasteiger partial charge in [0.15, 0.2) is 6.10 Å². The van der Waals surface area contributed by atoms with E-state index in [1.165, 1.54) is 12.2 Å². The molecule has 5 heterocycles. The Morgan fingerprint density at radius 1 is 1.02 bits per heavy atom. The van der Waals surface area contributed by atoms with Crippen LogP contribution >= 0.6 is 0 Å². The van der Waals surface area contributed by atoms with Gasteiger partial charge in [-0.3, -0.25) is 0 Å². The van der Waals surface area contributed by atoms with Gasteiger partial charge in [-0.25, -0.2) is 9.59 Å². The number of hydrogen-bond acceptors (Lipinski definition) is 11. The maximum absolute atomic E-state index is 13.4. The van der Waals surface area contributed by atoms with E-state index in [-0.39, 0.29) is 37.1 Å². The lowest BCUT2D eigenvalue weighted by Gasteiger charge is -2.58. The van der Waals surface area contributed by atoms with Gasteiger partial charge in [0.2, 0.25) is 0 Å². The quantitative estimate of drug-likeness (QED) is 0.344. The minimum absolute atomic E-state index is 0.0139. The minimum Gasteiger partial charge on any atom is -0.463 e. The first kappa shape index (κ1) is 27.0. The van der Waals surface area contributed by atoms with Crippen LogP contribution < -0.4 is 0 Å². The van der Waals surface area contributed by atoms with Gasteiger partial charge in [0.05, 0.1) is 42.5 Å². The standard InChI is InChI=1S/C29H38O11/c1-15(30)16-7-5-6-8-20(32)37-18-11-19-29(14-36-29)27(18,4)28(10-9-25(2)21(39-25)22(28)38-19)13-35-24(33)23-26(3,40-23)17(31)12-34-16/h5-8,15-19,21-23,30-31H,9-14H2,1-4H3/b7-5+,8-6-/t15-,16-,17-,18-,19-,21+,22-,23-,25-,26-,27-,28-,29+/m1/s1. The van der Waals surface area contributed by atoms with E-state index in [9.17, 15) is 19.8 Å². The first-order valence-corrected chi connectivity index (χ1v) is 14.3. The van der Waals surface area contributed by atoms with Gasteiger partial charge >= 0.3 is 11.9 Å². The molecule has 2 bridgehead atoms. The van der Waals surface area contributed by atoms with Gasteiger partial charge in [-0.1, -0.05) is 25.2 Å². The second kappa shape index (κ2) is 8.59. The third-order valence-corrected chi connectivity index (χ3v) is 11.1. The van der Waals surface area contributed by atoms with Crippen molar-refractivity contribution < 1.29 is 53.0 Å². The molecule has 11 nitrogen and oxygen atoms in total. The van der Waals surface area contributed by atoms with Crippen molar-refractivity contribution in [2.75, 3.05) is 19.8 Å². The van der Waals surface area contributed by atoms with Crippen LogP contribution in [0, 0.1) is 10.8 Å². The van der Waals surface area contributed by atoms with Crippen LogP contribution in [0.1, 0.15) is 47.0 Å². The van der Waals surface area contributed by atoms with Gasteiger partial charge < -0.3 is 43.4 Å². The second-order valence-corrected chi connectivity index (χ2v) is 13.2. The van der Waals surface area contributed by atoms with Crippen molar-refractivity contribution in [3.63, 3.8) is 0 Å². The van der Waals surface area contributed by atoms with Gasteiger partial charge in [0.25, 0.3) is 0 Å². The smallest absolute Gasteiger partial charge is 0.338 e. The molecule has 0 aromatic heterocycles. The van der Waals surface area contributed by atoms with Gasteiger partial charge in [0.1, 0.15) is 42.2 Å². The zero-order valence-corrected chi connectivity index (χ0v) is 23.2. The number of carbonyl (C=O) groups is 2. The normalized spacial score (nSPS) is 57.2. The molecule has 11 heteroatoms. The van der Waals surface area contributed by atoms with Crippen LogP contribution in [0.25, 0.3) is 0 Å². The van der Waals surface area contributed by atoms with E-state index < -0.39 is 64.5 Å². The predicted molar refractivity (Wildman–Crippen MR) is 135 cm³/mol. The molecule has 0 amide bonds. The number of epoxide rings is 3. The maximum Gasteiger partial charge on any atom is 0.338 e. The summed E-state index contributed by atoms with van der Waals surface area (Å²) in [5.74, 6) is -1.10. The Morgan fingerprint density at radius 3 is 2.52 bits per heavy atom. The molecule has 0 unspecified atom stereocenters. The molecule has 0 aromatic carbocycles. The molecule has 6 fully saturated rings. The third kappa shape index (κ3) is 3.55. The van der Waals surface area contributed by atoms with Crippen LogP contribution in [0.3, 0.4) is 0 Å². The maximum atomic E-state index is 13.4. The molecule has 0 aromatic rings. The van der Waals surface area contributed by atoms with E-state index in [4.69, 9.17) is 33.2 Å². The van der Waals surface area contributed by atoms with Crippen molar-refractivity contribution in [3.8, 4) is 0 Å². The zero-order chi connectivity index (χ0) is 28.3. The molecule has 7 rings (SSSR count). The predicted octanol–water partition coefficient (Wildman–Crippen LogP) is 0.736. The van der Waals surface area contributed by atoms with E-state index in [0.717, 1.165) is 6.42 Å². The molecule has 5 aliphatic heterocycles. The average molecular weight is 563 g/mol. The highest BCUT2D eigenvalue weighted by molar-refractivity contribution is 5.82. The molecule has 40 heavy (non-hydrogen) atoms. The van der Waals surface area contributed by atoms with Crippen LogP contribution in [0.2, 0.25) is 0 Å². The number of hydrogen-bond donors (Lipinski definition) is 2. The van der Waals surface area contributed by atoms with Crippen molar-refractivity contribution in [2.24, 2.45) is 10.8 Å². The van der Waals surface area contributed by atoms with Crippen LogP contribution in [0.4, 0.5) is 0 Å². The van der Waals surface area contributed by atoms with Crippen LogP contribution in [-0.2, 0) is 42.7 Å². The van der Waals surface area contributed by atoms with Crippen LogP contribution in [-0.4, -0.2) is 108 Å². The summed E-state index contributed by atoms with van der Waals surface area (Å²) in [5.41, 5.74) is -3.54. The number of allylic oxidation sites excluding steroid dienone is 2. The molecular formula is C29H38O11. The number of aliphatic hydroxyl groups is 2. The van der Waals surface area contributed by atoms with Gasteiger partial charge in [-0.05, 0) is 33.6 Å². The van der Waals surface area contributed by atoms with Crippen molar-refractivity contribution in [3.05, 3.63) is 24.3 Å². The molecule has 0 radical (unpaired) electrons. The Kier molecular flexibility index (Phi) is 5.80. The lowest BCUT2D eigenvalue weighted by atomic mass is 9.50. The fourth-order valence-electron chi connectivity index (χ4n) is 8.09. The second-order valence-electron chi connectivity index (χ2n) is 13.2. The average Bonchev–Trinajstić information content (AvgIpc) is 3.81. The molecule has 13 atom stereocenters. The summed E-state index contributed by atoms with van der Waals surface area (Å²) < 4.78 is 42.6. The highest BCUT2D eigenvalue weighted by atomic mass is 16.7. The molecular weight excluding hydrogens is 524 g/mol. The van der Waals surface area contributed by atoms with Crippen molar-refractivity contribution >= 4 is 11.9 Å². The number of carbonyl (C=O) groups excluding carboxylic acids is 2. The first-order chi connectivity index (χ1) is 18.9. The van der Waals surface area contributed by atoms with E-state index in [2.05, 4.69) is 13.8 Å². The molecule has 4 saturated heterocycles. The monoisotopic (exact) mass is 562 g/mol. The molecule has 2 N–H and O–H groups in total. The Labute approximate surface area is 232 Å². The number of rotatable bonds is 1. The lowest BCUT2D eigenvalue weighted by molar-refractivity contribution is -0.251. The fourth-order valence-corrected chi connectivity index (χ4v) is 8.09. The number of aliphatic hydroxyl groups excluding tert-OH is 2. The minimum atomic E-state index is -1.18. The summed E-state index contributed by atoms with van der Waals surface area (Å²) in [6.45, 7) is 7.67. The van der Waals surface area contributed by atoms with E-state index >= 15 is 0 Å². The molecule has 220 valence electrons. The van der Waals surface area contributed by atoms with Crippen LogP contribution in [0.5, 0.6) is 0 Å². The number of esters is 2. The number of cyclic esters (lactones) is 1. The fraction of sp³-hybridized carbons (Fsp3) is 0.793. The highest BCUT2D eigenvalue weighted by Crippen LogP contribution is 2.75. The molecule has 2 spiro atoms. The first-order valence-electron chi connectivity index (χ1n) is 14.3. The zero-order valence-electron chi connectivity index (χ0n) is 23.2. The summed E-state index contributed by atoms with van der Waals surface area (Å²) in [5, 5.41) is 20.9. The number of ether oxygens (including phenoxy) is 7. The van der Waals surface area contributed by atoms with Crippen molar-refractivity contribution in [2.45, 2.75) is 113 Å². The Bertz CT molecular complexity index is 1160. The van der Waals surface area contributed by atoms with Crippen molar-refractivity contribution in [1.29, 1.82) is 0 Å².